The molecule has 0 aliphatic rings. The lowest BCUT2D eigenvalue weighted by Gasteiger charge is -2.13. The Kier molecular flexibility index (Phi) is 9.28. The van der Waals surface area contributed by atoms with Crippen LogP contribution in [0.5, 0.6) is 0 Å². The first-order valence-electron chi connectivity index (χ1n) is 11.3. The number of nitrogens with one attached hydrogen (secondary N) is 2. The van der Waals surface area contributed by atoms with Crippen molar-refractivity contribution in [2.75, 3.05) is 25.0 Å². The van der Waals surface area contributed by atoms with Crippen LogP contribution in [0.25, 0.3) is 0 Å². The predicted molar refractivity (Wildman–Crippen MR) is 137 cm³/mol. The fourth-order valence-electron chi connectivity index (χ4n) is 3.56. The molecule has 0 saturated carbocycles. The van der Waals surface area contributed by atoms with Gasteiger partial charge in [0, 0.05) is 23.8 Å². The fraction of sp³-hybridized carbons (Fsp3) is 0.269. The van der Waals surface area contributed by atoms with Crippen molar-refractivity contribution in [3.05, 3.63) is 88.4 Å². The van der Waals surface area contributed by atoms with E-state index in [1.165, 1.54) is 30.3 Å². The van der Waals surface area contributed by atoms with E-state index in [9.17, 15) is 23.4 Å². The topological polar surface area (TPSA) is 116 Å². The van der Waals surface area contributed by atoms with Crippen molar-refractivity contribution in [2.24, 2.45) is 0 Å². The van der Waals surface area contributed by atoms with Gasteiger partial charge < -0.3 is 20.8 Å². The minimum absolute atomic E-state index is 0.0682. The SMILES string of the molecule is CCCNc1ccc(S(=O)(=O)c2ccc(CCNC[C@H](O)c3cccc(Cl)c3)cc2)cc1C(=O)O. The second-order valence-corrected chi connectivity index (χ2v) is 10.5. The van der Waals surface area contributed by atoms with Gasteiger partial charge in [-0.15, -0.1) is 0 Å². The van der Waals surface area contributed by atoms with Gasteiger partial charge in [0.2, 0.25) is 9.84 Å². The van der Waals surface area contributed by atoms with Gasteiger partial charge >= 0.3 is 5.97 Å². The molecule has 0 aliphatic heterocycles. The summed E-state index contributed by atoms with van der Waals surface area (Å²) in [6.07, 6.45) is 0.771. The number of carboxylic acid groups (broad SMARTS) is 1. The first-order valence-corrected chi connectivity index (χ1v) is 13.2. The van der Waals surface area contributed by atoms with Gasteiger partial charge in [0.05, 0.1) is 21.5 Å². The highest BCUT2D eigenvalue weighted by Crippen LogP contribution is 2.26. The van der Waals surface area contributed by atoms with E-state index in [-0.39, 0.29) is 15.4 Å². The summed E-state index contributed by atoms with van der Waals surface area (Å²) in [6, 6.07) is 17.7. The molecule has 0 heterocycles. The molecule has 35 heavy (non-hydrogen) atoms. The Balaban J connectivity index is 1.62. The second-order valence-electron chi connectivity index (χ2n) is 8.11. The smallest absolute Gasteiger partial charge is 0.337 e. The van der Waals surface area contributed by atoms with Crippen LogP contribution in [-0.2, 0) is 16.3 Å². The highest BCUT2D eigenvalue weighted by atomic mass is 35.5. The number of rotatable bonds is 12. The normalized spacial score (nSPS) is 12.3. The third-order valence-corrected chi connectivity index (χ3v) is 7.49. The number of aromatic carboxylic acids is 1. The molecule has 1 atom stereocenters. The fourth-order valence-corrected chi connectivity index (χ4v) is 5.04. The first-order chi connectivity index (χ1) is 16.7. The number of sulfone groups is 1. The lowest BCUT2D eigenvalue weighted by Crippen LogP contribution is -2.23. The molecule has 0 aromatic heterocycles. The summed E-state index contributed by atoms with van der Waals surface area (Å²) in [4.78, 5) is 11.7. The van der Waals surface area contributed by atoms with E-state index in [4.69, 9.17) is 11.6 Å². The zero-order valence-electron chi connectivity index (χ0n) is 19.4. The number of benzene rings is 3. The van der Waals surface area contributed by atoms with E-state index in [0.717, 1.165) is 17.5 Å². The molecule has 186 valence electrons. The summed E-state index contributed by atoms with van der Waals surface area (Å²) in [5, 5.41) is 26.5. The number of carboxylic acids is 1. The molecule has 0 unspecified atom stereocenters. The maximum atomic E-state index is 13.1. The van der Waals surface area contributed by atoms with Crippen molar-refractivity contribution in [2.45, 2.75) is 35.7 Å². The molecule has 0 aliphatic carbocycles. The Morgan fingerprint density at radius 1 is 1.00 bits per heavy atom. The van der Waals surface area contributed by atoms with Crippen molar-refractivity contribution in [3.63, 3.8) is 0 Å². The van der Waals surface area contributed by atoms with E-state index in [2.05, 4.69) is 10.6 Å². The molecule has 7 nitrogen and oxygen atoms in total. The average Bonchev–Trinajstić information content (AvgIpc) is 2.85. The summed E-state index contributed by atoms with van der Waals surface area (Å²) < 4.78 is 26.2. The maximum Gasteiger partial charge on any atom is 0.337 e. The molecule has 0 spiro atoms. The maximum absolute atomic E-state index is 13.1. The van der Waals surface area contributed by atoms with Crippen LogP contribution in [0.1, 0.15) is 40.9 Å². The minimum Gasteiger partial charge on any atom is -0.478 e. The first kappa shape index (κ1) is 26.7. The number of anilines is 1. The van der Waals surface area contributed by atoms with Crippen LogP contribution in [0.4, 0.5) is 5.69 Å². The van der Waals surface area contributed by atoms with Crippen LogP contribution in [0.2, 0.25) is 5.02 Å². The summed E-state index contributed by atoms with van der Waals surface area (Å²) in [5.74, 6) is -1.19. The Hall–Kier alpha value is -2.91. The Morgan fingerprint density at radius 3 is 2.37 bits per heavy atom. The average molecular weight is 517 g/mol. The van der Waals surface area contributed by atoms with Crippen LogP contribution in [0, 0.1) is 0 Å². The van der Waals surface area contributed by atoms with Crippen molar-refractivity contribution in [3.8, 4) is 0 Å². The number of aliphatic hydroxyl groups excluding tert-OH is 1. The van der Waals surface area contributed by atoms with Crippen molar-refractivity contribution in [1.82, 2.24) is 5.32 Å². The van der Waals surface area contributed by atoms with E-state index in [1.807, 2.05) is 13.0 Å². The number of halogens is 1. The molecular formula is C26H29ClN2O5S. The lowest BCUT2D eigenvalue weighted by molar-refractivity contribution is 0.0697. The minimum atomic E-state index is -3.87. The summed E-state index contributed by atoms with van der Waals surface area (Å²) in [7, 11) is -3.87. The largest absolute Gasteiger partial charge is 0.478 e. The Bertz CT molecular complexity index is 1260. The standard InChI is InChI=1S/C26H29ClN2O5S/c1-2-13-29-24-11-10-22(16-23(24)26(31)32)35(33,34)21-8-6-18(7-9-21)12-14-28-17-25(30)19-4-3-5-20(27)15-19/h3-11,15-16,25,28-30H,2,12-14,17H2,1H3,(H,31,32)/t25-/m0/s1. The third-order valence-electron chi connectivity index (χ3n) is 5.49. The highest BCUT2D eigenvalue weighted by molar-refractivity contribution is 7.91. The van der Waals surface area contributed by atoms with E-state index >= 15 is 0 Å². The third kappa shape index (κ3) is 7.05. The van der Waals surface area contributed by atoms with Gasteiger partial charge in [-0.1, -0.05) is 42.8 Å². The number of hydrogen-bond donors (Lipinski definition) is 4. The highest BCUT2D eigenvalue weighted by Gasteiger charge is 2.21. The molecule has 0 saturated heterocycles. The van der Waals surface area contributed by atoms with Crippen LogP contribution in [0.15, 0.2) is 76.5 Å². The Labute approximate surface area is 210 Å². The number of hydrogen-bond acceptors (Lipinski definition) is 6. The van der Waals surface area contributed by atoms with E-state index in [1.54, 1.807) is 30.3 Å². The molecule has 3 aromatic rings. The van der Waals surface area contributed by atoms with E-state index < -0.39 is 21.9 Å². The number of aliphatic hydroxyl groups is 1. The van der Waals surface area contributed by atoms with Gasteiger partial charge in [0.15, 0.2) is 0 Å². The quantitative estimate of drug-likeness (QED) is 0.261. The molecule has 0 bridgehead atoms. The van der Waals surface area contributed by atoms with Gasteiger partial charge in [-0.05, 0) is 73.0 Å². The molecule has 0 radical (unpaired) electrons. The Morgan fingerprint density at radius 2 is 1.71 bits per heavy atom. The molecule has 3 rings (SSSR count). The molecule has 4 N–H and O–H groups in total. The van der Waals surface area contributed by atoms with Crippen molar-refractivity contribution >= 4 is 33.1 Å². The predicted octanol–water partition coefficient (Wildman–Crippen LogP) is 4.56. The summed E-state index contributed by atoms with van der Waals surface area (Å²) in [5.41, 5.74) is 1.97. The van der Waals surface area contributed by atoms with Crippen LogP contribution in [0.3, 0.4) is 0 Å². The van der Waals surface area contributed by atoms with Gasteiger partial charge in [0.1, 0.15) is 0 Å². The monoisotopic (exact) mass is 516 g/mol. The van der Waals surface area contributed by atoms with Crippen LogP contribution >= 0.6 is 11.6 Å². The summed E-state index contributed by atoms with van der Waals surface area (Å²) in [6.45, 7) is 3.50. The molecule has 9 heteroatoms. The zero-order chi connectivity index (χ0) is 25.4. The van der Waals surface area contributed by atoms with Gasteiger partial charge in [-0.2, -0.15) is 0 Å². The van der Waals surface area contributed by atoms with Crippen LogP contribution in [-0.4, -0.2) is 44.2 Å². The molecule has 0 fully saturated rings. The van der Waals surface area contributed by atoms with Gasteiger partial charge in [0.25, 0.3) is 0 Å². The molecular weight excluding hydrogens is 488 g/mol. The van der Waals surface area contributed by atoms with Gasteiger partial charge in [-0.25, -0.2) is 13.2 Å². The molecule has 0 amide bonds. The lowest BCUT2D eigenvalue weighted by atomic mass is 10.1. The second kappa shape index (κ2) is 12.2. The van der Waals surface area contributed by atoms with Crippen molar-refractivity contribution < 1.29 is 23.4 Å². The number of carbonyl (C=O) groups is 1. The van der Waals surface area contributed by atoms with E-state index in [0.29, 0.717) is 36.8 Å². The zero-order valence-corrected chi connectivity index (χ0v) is 20.9. The molecule has 3 aromatic carbocycles. The van der Waals surface area contributed by atoms with Crippen LogP contribution < -0.4 is 10.6 Å². The summed E-state index contributed by atoms with van der Waals surface area (Å²) >= 11 is 5.96. The van der Waals surface area contributed by atoms with Crippen molar-refractivity contribution in [1.29, 1.82) is 0 Å². The van der Waals surface area contributed by atoms with Gasteiger partial charge in [-0.3, -0.25) is 0 Å².